The summed E-state index contributed by atoms with van der Waals surface area (Å²) in [5.41, 5.74) is 11.4. The van der Waals surface area contributed by atoms with E-state index in [1.165, 1.54) is 0 Å². The average molecular weight is 309 g/mol. The molecule has 0 aromatic heterocycles. The van der Waals surface area contributed by atoms with Gasteiger partial charge in [-0.1, -0.05) is 18.2 Å². The van der Waals surface area contributed by atoms with E-state index < -0.39 is 0 Å². The highest BCUT2D eigenvalue weighted by molar-refractivity contribution is 6.17. The van der Waals surface area contributed by atoms with Crippen molar-refractivity contribution in [1.82, 2.24) is 0 Å². The topological polar surface area (TPSA) is 69.2 Å². The third-order valence-corrected chi connectivity index (χ3v) is 3.85. The quantitative estimate of drug-likeness (QED) is 0.886. The van der Waals surface area contributed by atoms with Crippen molar-refractivity contribution in [2.75, 3.05) is 20.0 Å². The first-order valence-electron chi connectivity index (χ1n) is 7.35. The highest BCUT2D eigenvalue weighted by atomic mass is 16.5. The summed E-state index contributed by atoms with van der Waals surface area (Å²) in [5, 5.41) is 8.75. The lowest BCUT2D eigenvalue weighted by atomic mass is 9.93. The van der Waals surface area contributed by atoms with E-state index in [0.717, 1.165) is 28.1 Å². The Morgan fingerprint density at radius 2 is 1.65 bits per heavy atom. The molecule has 3 rings (SSSR count). The van der Waals surface area contributed by atoms with Crippen molar-refractivity contribution in [3.63, 3.8) is 0 Å². The van der Waals surface area contributed by atoms with Crippen molar-refractivity contribution in [3.8, 4) is 11.5 Å². The number of ether oxygens (including phenoxy) is 2. The zero-order valence-electron chi connectivity index (χ0n) is 13.5. The Labute approximate surface area is 135 Å². The second kappa shape index (κ2) is 6.12. The van der Waals surface area contributed by atoms with Crippen molar-refractivity contribution < 1.29 is 9.47 Å². The van der Waals surface area contributed by atoms with Crippen LogP contribution in [0.1, 0.15) is 23.6 Å². The molecule has 5 nitrogen and oxygen atoms in total. The van der Waals surface area contributed by atoms with Gasteiger partial charge in [0.2, 0.25) is 0 Å². The normalized spacial score (nSPS) is 13.5. The first-order chi connectivity index (χ1) is 11.1. The van der Waals surface area contributed by atoms with Gasteiger partial charge in [-0.2, -0.15) is 5.10 Å². The van der Waals surface area contributed by atoms with Gasteiger partial charge in [-0.05, 0) is 30.7 Å². The molecule has 0 radical (unpaired) electrons. The molecule has 0 saturated heterocycles. The Bertz CT molecular complexity index is 810. The molecule has 0 aliphatic carbocycles. The number of para-hydroxylation sites is 1. The number of hydrogen-bond donors (Lipinski definition) is 1. The lowest BCUT2D eigenvalue weighted by Crippen LogP contribution is -2.10. The van der Waals surface area contributed by atoms with Gasteiger partial charge in [0.1, 0.15) is 5.71 Å². The van der Waals surface area contributed by atoms with Crippen molar-refractivity contribution in [3.05, 3.63) is 53.1 Å². The number of methoxy groups -OCH3 is 2. The average Bonchev–Trinajstić information content (AvgIpc) is 2.72. The van der Waals surface area contributed by atoms with Crippen LogP contribution >= 0.6 is 0 Å². The van der Waals surface area contributed by atoms with Gasteiger partial charge in [0, 0.05) is 28.9 Å². The fraction of sp³-hybridized carbons (Fsp3) is 0.222. The summed E-state index contributed by atoms with van der Waals surface area (Å²) in [7, 11) is 3.25. The molecule has 1 heterocycles. The minimum atomic E-state index is 0.660. The number of anilines is 1. The number of nitrogens with zero attached hydrogens (tertiary/aromatic N) is 2. The molecule has 23 heavy (non-hydrogen) atoms. The first kappa shape index (κ1) is 15.1. The van der Waals surface area contributed by atoms with E-state index in [-0.39, 0.29) is 0 Å². The molecule has 1 aliphatic heterocycles. The van der Waals surface area contributed by atoms with Gasteiger partial charge in [-0.3, -0.25) is 0 Å². The van der Waals surface area contributed by atoms with Crippen molar-refractivity contribution in [2.45, 2.75) is 13.3 Å². The molecule has 1 aliphatic rings. The molecule has 2 aromatic carbocycles. The molecule has 2 aromatic rings. The highest BCUT2D eigenvalue weighted by Gasteiger charge is 2.20. The standard InChI is InChI=1S/C18H19N3O2/c1-11-8-12-9-16(22-2)17(23-3)10-14(12)18(21-20-11)13-6-4-5-7-15(13)19/h4-7,9-10H,8,19H2,1-3H3. The van der Waals surface area contributed by atoms with E-state index in [0.29, 0.717) is 23.6 Å². The summed E-state index contributed by atoms with van der Waals surface area (Å²) >= 11 is 0. The molecule has 2 N–H and O–H groups in total. The summed E-state index contributed by atoms with van der Waals surface area (Å²) < 4.78 is 10.8. The molecule has 0 bridgehead atoms. The minimum absolute atomic E-state index is 0.660. The van der Waals surface area contributed by atoms with Crippen LogP contribution in [-0.2, 0) is 6.42 Å². The minimum Gasteiger partial charge on any atom is -0.493 e. The zero-order valence-corrected chi connectivity index (χ0v) is 13.5. The van der Waals surface area contributed by atoms with Crippen LogP contribution in [0.2, 0.25) is 0 Å². The highest BCUT2D eigenvalue weighted by Crippen LogP contribution is 2.33. The summed E-state index contributed by atoms with van der Waals surface area (Å²) in [5.74, 6) is 1.36. The van der Waals surface area contributed by atoms with E-state index >= 15 is 0 Å². The van der Waals surface area contributed by atoms with Crippen LogP contribution in [-0.4, -0.2) is 25.6 Å². The van der Waals surface area contributed by atoms with Gasteiger partial charge in [0.15, 0.2) is 11.5 Å². The van der Waals surface area contributed by atoms with Crippen molar-refractivity contribution >= 4 is 17.1 Å². The molecular weight excluding hydrogens is 290 g/mol. The fourth-order valence-corrected chi connectivity index (χ4v) is 2.70. The molecule has 5 heteroatoms. The monoisotopic (exact) mass is 309 g/mol. The van der Waals surface area contributed by atoms with E-state index in [1.54, 1.807) is 14.2 Å². The maximum atomic E-state index is 6.14. The lowest BCUT2D eigenvalue weighted by molar-refractivity contribution is 0.354. The van der Waals surface area contributed by atoms with Gasteiger partial charge >= 0.3 is 0 Å². The van der Waals surface area contributed by atoms with Crippen molar-refractivity contribution in [1.29, 1.82) is 0 Å². The van der Waals surface area contributed by atoms with Crippen LogP contribution < -0.4 is 15.2 Å². The Morgan fingerprint density at radius 3 is 2.35 bits per heavy atom. The largest absolute Gasteiger partial charge is 0.493 e. The number of fused-ring (bicyclic) bond motifs is 1. The van der Waals surface area contributed by atoms with Gasteiger partial charge in [0.25, 0.3) is 0 Å². The molecule has 0 unspecified atom stereocenters. The Balaban J connectivity index is 2.25. The number of hydrogen-bond acceptors (Lipinski definition) is 5. The summed E-state index contributed by atoms with van der Waals surface area (Å²) in [6, 6.07) is 11.6. The van der Waals surface area contributed by atoms with Crippen LogP contribution in [0.3, 0.4) is 0 Å². The second-order valence-electron chi connectivity index (χ2n) is 5.41. The molecule has 0 fully saturated rings. The SMILES string of the molecule is COc1cc2c(cc1OC)C(c1ccccc1N)=NN=C(C)C2. The molecule has 0 atom stereocenters. The molecule has 118 valence electrons. The van der Waals surface area contributed by atoms with Crippen LogP contribution in [0.25, 0.3) is 0 Å². The molecule has 0 amide bonds. The predicted molar refractivity (Wildman–Crippen MR) is 92.9 cm³/mol. The maximum absolute atomic E-state index is 6.14. The van der Waals surface area contributed by atoms with Crippen LogP contribution in [0, 0.1) is 0 Å². The van der Waals surface area contributed by atoms with Gasteiger partial charge < -0.3 is 15.2 Å². The fourth-order valence-electron chi connectivity index (χ4n) is 2.70. The zero-order chi connectivity index (χ0) is 16.4. The van der Waals surface area contributed by atoms with Crippen molar-refractivity contribution in [2.24, 2.45) is 10.2 Å². The van der Waals surface area contributed by atoms with E-state index in [2.05, 4.69) is 10.2 Å². The number of benzene rings is 2. The molecule has 0 saturated carbocycles. The number of nitrogen functional groups attached to an aromatic ring is 1. The Kier molecular flexibility index (Phi) is 4.02. The number of rotatable bonds is 3. The van der Waals surface area contributed by atoms with Gasteiger partial charge in [-0.15, -0.1) is 5.10 Å². The maximum Gasteiger partial charge on any atom is 0.161 e. The molecule has 0 spiro atoms. The molecular formula is C18H19N3O2. The van der Waals surface area contributed by atoms with Crippen LogP contribution in [0.15, 0.2) is 46.6 Å². The van der Waals surface area contributed by atoms with E-state index in [4.69, 9.17) is 15.2 Å². The summed E-state index contributed by atoms with van der Waals surface area (Å²) in [4.78, 5) is 0. The smallest absolute Gasteiger partial charge is 0.161 e. The summed E-state index contributed by atoms with van der Waals surface area (Å²) in [6.45, 7) is 1.96. The lowest BCUT2D eigenvalue weighted by Gasteiger charge is -2.15. The van der Waals surface area contributed by atoms with E-state index in [9.17, 15) is 0 Å². The summed E-state index contributed by atoms with van der Waals surface area (Å²) in [6.07, 6.45) is 0.704. The van der Waals surface area contributed by atoms with E-state index in [1.807, 2.05) is 43.3 Å². The van der Waals surface area contributed by atoms with Gasteiger partial charge in [-0.25, -0.2) is 0 Å². The number of nitrogens with two attached hydrogens (primary N) is 1. The van der Waals surface area contributed by atoms with Gasteiger partial charge in [0.05, 0.1) is 14.2 Å². The first-order valence-corrected chi connectivity index (χ1v) is 7.35. The second-order valence-corrected chi connectivity index (χ2v) is 5.41. The van der Waals surface area contributed by atoms with Crippen LogP contribution in [0.4, 0.5) is 5.69 Å². The Hall–Kier alpha value is -2.82. The third kappa shape index (κ3) is 2.77. The van der Waals surface area contributed by atoms with Crippen LogP contribution in [0.5, 0.6) is 11.5 Å². The third-order valence-electron chi connectivity index (χ3n) is 3.85. The Morgan fingerprint density at radius 1 is 0.957 bits per heavy atom. The predicted octanol–water partition coefficient (Wildman–Crippen LogP) is 3.06.